The maximum Gasteiger partial charge on any atom is 0.254 e. The van der Waals surface area contributed by atoms with Crippen LogP contribution < -0.4 is 0 Å². The summed E-state index contributed by atoms with van der Waals surface area (Å²) in [6.07, 6.45) is 3.39. The zero-order valence-electron chi connectivity index (χ0n) is 20.1. The fraction of sp³-hybridized carbons (Fsp3) is 0.296. The number of ether oxygens (including phenoxy) is 1. The van der Waals surface area contributed by atoms with E-state index < -0.39 is 14.6 Å². The van der Waals surface area contributed by atoms with Crippen LogP contribution >= 0.6 is 0 Å². The number of carbonyl (C=O) groups is 1. The first-order valence-corrected chi connectivity index (χ1v) is 13.2. The van der Waals surface area contributed by atoms with E-state index in [1.165, 1.54) is 12.3 Å². The van der Waals surface area contributed by atoms with Gasteiger partial charge in [-0.25, -0.2) is 13.4 Å². The molecule has 0 radical (unpaired) electrons. The Labute approximate surface area is 208 Å². The summed E-state index contributed by atoms with van der Waals surface area (Å²) < 4.78 is 36.0. The van der Waals surface area contributed by atoms with Gasteiger partial charge in [0.05, 0.1) is 23.5 Å². The Kier molecular flexibility index (Phi) is 5.07. The smallest absolute Gasteiger partial charge is 0.254 e. The number of amides is 1. The average molecular weight is 504 g/mol. The minimum absolute atomic E-state index is 0.00297. The number of pyridine rings is 2. The maximum atomic E-state index is 13.0. The lowest BCUT2D eigenvalue weighted by molar-refractivity contribution is -0.195. The molecule has 184 valence electrons. The highest BCUT2D eigenvalue weighted by atomic mass is 32.2. The first kappa shape index (κ1) is 22.9. The van der Waals surface area contributed by atoms with Crippen molar-refractivity contribution >= 4 is 26.8 Å². The van der Waals surface area contributed by atoms with Gasteiger partial charge in [0.1, 0.15) is 11.3 Å². The fourth-order valence-corrected chi connectivity index (χ4v) is 5.57. The number of likely N-dealkylation sites (tertiary alicyclic amines) is 1. The summed E-state index contributed by atoms with van der Waals surface area (Å²) in [5.41, 5.74) is 4.16. The summed E-state index contributed by atoms with van der Waals surface area (Å²) in [4.78, 5) is 23.5. The van der Waals surface area contributed by atoms with Crippen molar-refractivity contribution in [3.05, 3.63) is 66.5 Å². The monoisotopic (exact) mass is 503 g/mol. The lowest BCUT2D eigenvalue weighted by atomic mass is 9.93. The van der Waals surface area contributed by atoms with Gasteiger partial charge in [-0.3, -0.25) is 9.78 Å². The van der Waals surface area contributed by atoms with E-state index in [2.05, 4.69) is 9.97 Å². The predicted molar refractivity (Wildman–Crippen MR) is 134 cm³/mol. The maximum absolute atomic E-state index is 13.0. The van der Waals surface area contributed by atoms with Gasteiger partial charge in [0, 0.05) is 41.7 Å². The number of carbonyl (C=O) groups excluding carboxylic acids is 1. The van der Waals surface area contributed by atoms with Crippen molar-refractivity contribution in [2.24, 2.45) is 0 Å². The first-order valence-electron chi connectivity index (χ1n) is 11.8. The number of rotatable bonds is 4. The second-order valence-electron chi connectivity index (χ2n) is 10.2. The van der Waals surface area contributed by atoms with Crippen LogP contribution in [-0.4, -0.2) is 59.2 Å². The SMILES string of the molecule is CC(C)(C)S(=O)(=O)c1ccc(-c2cc3nccc(-c4cccc(C(=O)N5CC6OCC65)c4)c3o2)cn1. The van der Waals surface area contributed by atoms with Crippen molar-refractivity contribution in [3.63, 3.8) is 0 Å². The van der Waals surface area contributed by atoms with Crippen LogP contribution in [0.5, 0.6) is 0 Å². The number of hydrogen-bond acceptors (Lipinski definition) is 7. The average Bonchev–Trinajstić information content (AvgIpc) is 3.29. The Morgan fingerprint density at radius 3 is 2.53 bits per heavy atom. The number of nitrogens with zero attached hydrogens (tertiary/aromatic N) is 3. The van der Waals surface area contributed by atoms with Gasteiger partial charge >= 0.3 is 0 Å². The van der Waals surface area contributed by atoms with Crippen LogP contribution in [0.1, 0.15) is 31.1 Å². The molecule has 3 aromatic heterocycles. The Bertz CT molecular complexity index is 1600. The predicted octanol–water partition coefficient (Wildman–Crippen LogP) is 4.35. The molecule has 0 spiro atoms. The van der Waals surface area contributed by atoms with E-state index in [4.69, 9.17) is 9.15 Å². The summed E-state index contributed by atoms with van der Waals surface area (Å²) in [6.45, 7) is 6.19. The first-order chi connectivity index (χ1) is 17.1. The highest BCUT2D eigenvalue weighted by Crippen LogP contribution is 2.36. The lowest BCUT2D eigenvalue weighted by Crippen LogP contribution is -2.71. The molecule has 2 aliphatic heterocycles. The molecule has 2 saturated heterocycles. The molecular weight excluding hydrogens is 478 g/mol. The summed E-state index contributed by atoms with van der Waals surface area (Å²) in [7, 11) is -3.55. The van der Waals surface area contributed by atoms with Crippen LogP contribution in [0.3, 0.4) is 0 Å². The largest absolute Gasteiger partial charge is 0.454 e. The zero-order chi connectivity index (χ0) is 25.2. The summed E-state index contributed by atoms with van der Waals surface area (Å²) in [6, 6.07) is 14.5. The molecule has 8 nitrogen and oxygen atoms in total. The van der Waals surface area contributed by atoms with Crippen molar-refractivity contribution in [1.29, 1.82) is 0 Å². The lowest BCUT2D eigenvalue weighted by Gasteiger charge is -2.54. The number of hydrogen-bond donors (Lipinski definition) is 0. The van der Waals surface area contributed by atoms with Crippen LogP contribution in [0.2, 0.25) is 0 Å². The van der Waals surface area contributed by atoms with E-state index in [0.717, 1.165) is 11.1 Å². The normalized spacial score (nSPS) is 19.5. The highest BCUT2D eigenvalue weighted by Gasteiger charge is 2.49. The Hall–Kier alpha value is -3.56. The summed E-state index contributed by atoms with van der Waals surface area (Å²) >= 11 is 0. The molecule has 36 heavy (non-hydrogen) atoms. The molecule has 0 saturated carbocycles. The molecule has 2 atom stereocenters. The van der Waals surface area contributed by atoms with Gasteiger partial charge in [0.25, 0.3) is 5.91 Å². The second-order valence-corrected chi connectivity index (χ2v) is 12.8. The molecule has 0 aliphatic carbocycles. The topological polar surface area (TPSA) is 103 Å². The molecule has 0 bridgehead atoms. The molecule has 4 aromatic rings. The number of furan rings is 1. The van der Waals surface area contributed by atoms with E-state index >= 15 is 0 Å². The van der Waals surface area contributed by atoms with Crippen molar-refractivity contribution in [3.8, 4) is 22.5 Å². The molecule has 5 heterocycles. The summed E-state index contributed by atoms with van der Waals surface area (Å²) in [5.74, 6) is 0.532. The molecule has 2 fully saturated rings. The van der Waals surface area contributed by atoms with Crippen LogP contribution in [0.15, 0.2) is 70.4 Å². The van der Waals surface area contributed by atoms with Gasteiger partial charge < -0.3 is 14.1 Å². The van der Waals surface area contributed by atoms with E-state index in [-0.39, 0.29) is 23.1 Å². The van der Waals surface area contributed by atoms with Crippen LogP contribution in [-0.2, 0) is 14.6 Å². The number of sulfone groups is 1. The molecule has 1 amide bonds. The second kappa shape index (κ2) is 7.97. The van der Waals surface area contributed by atoms with E-state index in [1.54, 1.807) is 39.1 Å². The molecule has 2 aliphatic rings. The third kappa shape index (κ3) is 3.53. The van der Waals surface area contributed by atoms with Crippen LogP contribution in [0.4, 0.5) is 0 Å². The standard InChI is InChI=1S/C27H25N3O5S/c1-27(2,3)36(32,33)24-8-7-18(13-29-24)22-12-20-25(35-22)19(9-10-28-20)16-5-4-6-17(11-16)26(31)30-14-23-21(30)15-34-23/h4-13,21,23H,14-15H2,1-3H3. The van der Waals surface area contributed by atoms with Crippen molar-refractivity contribution in [2.75, 3.05) is 13.2 Å². The number of benzene rings is 1. The van der Waals surface area contributed by atoms with Crippen LogP contribution in [0.25, 0.3) is 33.6 Å². The molecule has 0 N–H and O–H groups in total. The summed E-state index contributed by atoms with van der Waals surface area (Å²) in [5, 5.41) is 0.0251. The van der Waals surface area contributed by atoms with Crippen LogP contribution in [0, 0.1) is 0 Å². The fourth-order valence-electron chi connectivity index (χ4n) is 4.50. The van der Waals surface area contributed by atoms with Crippen molar-refractivity contribution in [2.45, 2.75) is 42.7 Å². The van der Waals surface area contributed by atoms with Crippen molar-refractivity contribution < 1.29 is 22.4 Å². The van der Waals surface area contributed by atoms with Gasteiger partial charge in [0.15, 0.2) is 20.4 Å². The number of aromatic nitrogens is 2. The van der Waals surface area contributed by atoms with Gasteiger partial charge in [-0.1, -0.05) is 12.1 Å². The molecule has 9 heteroatoms. The quantitative estimate of drug-likeness (QED) is 0.408. The van der Waals surface area contributed by atoms with E-state index in [9.17, 15) is 13.2 Å². The van der Waals surface area contributed by atoms with E-state index in [1.807, 2.05) is 35.2 Å². The number of fused-ring (bicyclic) bond motifs is 2. The number of morpholine rings is 1. The Morgan fingerprint density at radius 1 is 1.06 bits per heavy atom. The highest BCUT2D eigenvalue weighted by molar-refractivity contribution is 7.92. The molecule has 1 aromatic carbocycles. The Morgan fingerprint density at radius 2 is 1.89 bits per heavy atom. The minimum Gasteiger partial charge on any atom is -0.454 e. The van der Waals surface area contributed by atoms with Crippen molar-refractivity contribution in [1.82, 2.24) is 14.9 Å². The minimum atomic E-state index is -3.55. The molecule has 2 unspecified atom stereocenters. The van der Waals surface area contributed by atoms with Gasteiger partial charge in [-0.05, 0) is 56.7 Å². The van der Waals surface area contributed by atoms with Gasteiger partial charge in [-0.2, -0.15) is 0 Å². The Balaban J connectivity index is 1.33. The molecule has 6 rings (SSSR count). The van der Waals surface area contributed by atoms with Gasteiger partial charge in [0.2, 0.25) is 0 Å². The van der Waals surface area contributed by atoms with Gasteiger partial charge in [-0.15, -0.1) is 0 Å². The van der Waals surface area contributed by atoms with E-state index in [0.29, 0.717) is 41.1 Å². The third-order valence-corrected chi connectivity index (χ3v) is 9.29. The molecular formula is C27H25N3O5S. The third-order valence-electron chi connectivity index (χ3n) is 6.88. The zero-order valence-corrected chi connectivity index (χ0v) is 21.0.